The van der Waals surface area contributed by atoms with E-state index in [0.717, 1.165) is 12.0 Å². The van der Waals surface area contributed by atoms with Gasteiger partial charge in [-0.3, -0.25) is 0 Å². The first-order chi connectivity index (χ1) is 9.20. The van der Waals surface area contributed by atoms with Crippen molar-refractivity contribution < 1.29 is 14.2 Å². The van der Waals surface area contributed by atoms with Crippen LogP contribution in [0.1, 0.15) is 39.7 Å². The fourth-order valence-corrected chi connectivity index (χ4v) is 1.80. The molecule has 1 heterocycles. The molecule has 0 bridgehead atoms. The minimum Gasteiger partial charge on any atom is -0.487 e. The summed E-state index contributed by atoms with van der Waals surface area (Å²) in [5.74, 6) is 0.398. The smallest absolute Gasteiger partial charge is 0.126 e. The summed E-state index contributed by atoms with van der Waals surface area (Å²) in [4.78, 5) is 0. The maximum Gasteiger partial charge on any atom is 0.126 e. The molecule has 4 heteroatoms. The third kappa shape index (κ3) is 5.17. The average Bonchev–Trinajstić information content (AvgIpc) is 2.50. The van der Waals surface area contributed by atoms with Gasteiger partial charge in [0.25, 0.3) is 0 Å². The fourth-order valence-electron chi connectivity index (χ4n) is 1.80. The molecular formula is C15H26FNO2. The Bertz CT molecular complexity index is 358. The molecule has 19 heavy (non-hydrogen) atoms. The lowest BCUT2D eigenvalue weighted by atomic mass is 9.99. The molecule has 110 valence electrons. The molecule has 1 aromatic carbocycles. The Morgan fingerprint density at radius 3 is 2.58 bits per heavy atom. The number of benzene rings is 1. The molecule has 1 aromatic rings. The number of ether oxygens (including phenoxy) is 1. The number of aryl methyl sites for hydroxylation is 1. The first kappa shape index (κ1) is 17.9. The summed E-state index contributed by atoms with van der Waals surface area (Å²) in [5.41, 5.74) is 6.21. The van der Waals surface area contributed by atoms with Crippen molar-refractivity contribution in [2.24, 2.45) is 5.73 Å². The lowest BCUT2D eigenvalue weighted by Gasteiger charge is -2.28. The molecule has 0 spiro atoms. The van der Waals surface area contributed by atoms with Crippen molar-refractivity contribution in [3.63, 3.8) is 0 Å². The number of fused-ring (bicyclic) bond motifs is 1. The zero-order valence-electron chi connectivity index (χ0n) is 12.3. The van der Waals surface area contributed by atoms with E-state index in [4.69, 9.17) is 10.5 Å². The Balaban J connectivity index is 0.000000741. The van der Waals surface area contributed by atoms with Crippen LogP contribution in [0.5, 0.6) is 5.75 Å². The van der Waals surface area contributed by atoms with E-state index >= 15 is 0 Å². The summed E-state index contributed by atoms with van der Waals surface area (Å²) >= 11 is 0. The van der Waals surface area contributed by atoms with Crippen LogP contribution in [0.3, 0.4) is 0 Å². The molecule has 1 aliphatic heterocycles. The molecule has 2 atom stereocenters. The van der Waals surface area contributed by atoms with Crippen LogP contribution in [0.25, 0.3) is 0 Å². The van der Waals surface area contributed by atoms with Gasteiger partial charge in [0.2, 0.25) is 0 Å². The molecule has 0 fully saturated rings. The molecular weight excluding hydrogens is 245 g/mol. The van der Waals surface area contributed by atoms with E-state index in [-0.39, 0.29) is 18.5 Å². The molecule has 1 aliphatic rings. The van der Waals surface area contributed by atoms with Gasteiger partial charge in [-0.05, 0) is 36.6 Å². The van der Waals surface area contributed by atoms with Crippen LogP contribution in [-0.2, 0) is 6.42 Å². The molecule has 0 amide bonds. The van der Waals surface area contributed by atoms with E-state index in [1.54, 1.807) is 6.07 Å². The van der Waals surface area contributed by atoms with E-state index in [0.29, 0.717) is 12.2 Å². The third-order valence-electron chi connectivity index (χ3n) is 2.67. The Kier molecular flexibility index (Phi) is 9.17. The number of aliphatic hydroxyl groups excluding tert-OH is 1. The van der Waals surface area contributed by atoms with Crippen molar-refractivity contribution in [3.8, 4) is 5.75 Å². The summed E-state index contributed by atoms with van der Waals surface area (Å²) in [6.45, 7) is 8.18. The van der Waals surface area contributed by atoms with Crippen molar-refractivity contribution in [2.45, 2.75) is 52.7 Å². The monoisotopic (exact) mass is 271 g/mol. The van der Waals surface area contributed by atoms with Gasteiger partial charge in [-0.25, -0.2) is 4.39 Å². The second-order valence-electron chi connectivity index (χ2n) is 3.75. The Labute approximate surface area is 115 Å². The van der Waals surface area contributed by atoms with Crippen LogP contribution in [0.2, 0.25) is 0 Å². The number of rotatable bonds is 2. The van der Waals surface area contributed by atoms with Crippen molar-refractivity contribution in [2.75, 3.05) is 6.54 Å². The Morgan fingerprint density at radius 1 is 1.37 bits per heavy atom. The van der Waals surface area contributed by atoms with E-state index in [2.05, 4.69) is 0 Å². The van der Waals surface area contributed by atoms with Gasteiger partial charge in [0, 0.05) is 6.54 Å². The van der Waals surface area contributed by atoms with Gasteiger partial charge < -0.3 is 15.6 Å². The van der Waals surface area contributed by atoms with Crippen molar-refractivity contribution in [3.05, 3.63) is 29.6 Å². The standard InChI is InChI=1S/C11H14FNO2.2C2H6/c12-8-2-4-10-7(5-8)1-3-11(15-10)9(14)6-13;2*1-2/h2,4-5,9,11,14H,1,3,6,13H2;2*1-2H3/t9?,11-;;/m1../s1. The number of nitrogens with two attached hydrogens (primary N) is 1. The van der Waals surface area contributed by atoms with Crippen LogP contribution in [0, 0.1) is 5.82 Å². The maximum absolute atomic E-state index is 12.9. The van der Waals surface area contributed by atoms with Crippen molar-refractivity contribution in [1.82, 2.24) is 0 Å². The predicted molar refractivity (Wildman–Crippen MR) is 76.9 cm³/mol. The summed E-state index contributed by atoms with van der Waals surface area (Å²) in [6.07, 6.45) is 0.472. The first-order valence-corrected chi connectivity index (χ1v) is 7.04. The lowest BCUT2D eigenvalue weighted by Crippen LogP contribution is -2.39. The van der Waals surface area contributed by atoms with Crippen LogP contribution < -0.4 is 10.5 Å². The molecule has 0 aromatic heterocycles. The largest absolute Gasteiger partial charge is 0.487 e. The third-order valence-corrected chi connectivity index (χ3v) is 2.67. The Morgan fingerprint density at radius 2 is 2.00 bits per heavy atom. The molecule has 0 saturated heterocycles. The van der Waals surface area contributed by atoms with Crippen LogP contribution in [0.4, 0.5) is 4.39 Å². The lowest BCUT2D eigenvalue weighted by molar-refractivity contribution is 0.0296. The predicted octanol–water partition coefficient (Wildman–Crippen LogP) is 2.89. The number of aliphatic hydroxyl groups is 1. The average molecular weight is 271 g/mol. The van der Waals surface area contributed by atoms with Crippen LogP contribution in [0.15, 0.2) is 18.2 Å². The minimum absolute atomic E-state index is 0.182. The van der Waals surface area contributed by atoms with Gasteiger partial charge in [0.15, 0.2) is 0 Å². The number of halogens is 1. The molecule has 3 N–H and O–H groups in total. The molecule has 2 rings (SSSR count). The summed E-state index contributed by atoms with van der Waals surface area (Å²) < 4.78 is 18.4. The SMILES string of the molecule is CC.CC.NCC(O)[C@H]1CCc2cc(F)ccc2O1. The molecule has 0 radical (unpaired) electrons. The zero-order valence-corrected chi connectivity index (χ0v) is 12.3. The summed E-state index contributed by atoms with van der Waals surface area (Å²) in [5, 5.41) is 9.54. The summed E-state index contributed by atoms with van der Waals surface area (Å²) in [6, 6.07) is 4.43. The zero-order chi connectivity index (χ0) is 14.8. The topological polar surface area (TPSA) is 55.5 Å². The number of hydrogen-bond acceptors (Lipinski definition) is 3. The maximum atomic E-state index is 12.9. The Hall–Kier alpha value is -1.13. The highest BCUT2D eigenvalue weighted by Gasteiger charge is 2.25. The normalized spacial score (nSPS) is 17.7. The molecule has 0 aliphatic carbocycles. The summed E-state index contributed by atoms with van der Waals surface area (Å²) in [7, 11) is 0. The fraction of sp³-hybridized carbons (Fsp3) is 0.600. The van der Waals surface area contributed by atoms with E-state index in [1.807, 2.05) is 27.7 Å². The minimum atomic E-state index is -0.650. The highest BCUT2D eigenvalue weighted by molar-refractivity contribution is 5.35. The van der Waals surface area contributed by atoms with E-state index in [9.17, 15) is 9.50 Å². The van der Waals surface area contributed by atoms with Gasteiger partial charge in [-0.1, -0.05) is 27.7 Å². The molecule has 1 unspecified atom stereocenters. The van der Waals surface area contributed by atoms with Gasteiger partial charge >= 0.3 is 0 Å². The first-order valence-electron chi connectivity index (χ1n) is 7.04. The van der Waals surface area contributed by atoms with Crippen molar-refractivity contribution in [1.29, 1.82) is 0 Å². The van der Waals surface area contributed by atoms with Crippen molar-refractivity contribution >= 4 is 0 Å². The highest BCUT2D eigenvalue weighted by Crippen LogP contribution is 2.29. The molecule has 3 nitrogen and oxygen atoms in total. The van der Waals surface area contributed by atoms with Gasteiger partial charge in [-0.15, -0.1) is 0 Å². The quantitative estimate of drug-likeness (QED) is 0.869. The van der Waals surface area contributed by atoms with Gasteiger partial charge in [0.1, 0.15) is 23.8 Å². The van der Waals surface area contributed by atoms with Gasteiger partial charge in [-0.2, -0.15) is 0 Å². The van der Waals surface area contributed by atoms with Crippen LogP contribution in [-0.4, -0.2) is 23.9 Å². The highest BCUT2D eigenvalue weighted by atomic mass is 19.1. The second-order valence-corrected chi connectivity index (χ2v) is 3.75. The molecule has 0 saturated carbocycles. The number of hydrogen-bond donors (Lipinski definition) is 2. The van der Waals surface area contributed by atoms with E-state index in [1.165, 1.54) is 12.1 Å². The van der Waals surface area contributed by atoms with E-state index < -0.39 is 6.10 Å². The van der Waals surface area contributed by atoms with Crippen LogP contribution >= 0.6 is 0 Å². The second kappa shape index (κ2) is 9.75. The van der Waals surface area contributed by atoms with Gasteiger partial charge in [0.05, 0.1) is 0 Å².